The maximum Gasteiger partial charge on any atom is 0.336 e. The first-order chi connectivity index (χ1) is 7.05. The van der Waals surface area contributed by atoms with Gasteiger partial charge in [0.2, 0.25) is 0 Å². The average Bonchev–Trinajstić information content (AvgIpc) is 1.97. The summed E-state index contributed by atoms with van der Waals surface area (Å²) in [5, 5.41) is 0. The van der Waals surface area contributed by atoms with E-state index in [0.29, 0.717) is 6.29 Å². The number of esters is 1. The van der Waals surface area contributed by atoms with Crippen LogP contribution in [-0.2, 0) is 19.1 Å². The lowest BCUT2D eigenvalue weighted by atomic mass is 10.1. The van der Waals surface area contributed by atoms with Crippen molar-refractivity contribution in [1.29, 1.82) is 0 Å². The summed E-state index contributed by atoms with van der Waals surface area (Å²) in [7, 11) is 0. The third kappa shape index (κ3) is 7.40. The molecule has 94 valence electrons. The quantitative estimate of drug-likeness (QED) is 0.548. The number of aldehydes is 1. The van der Waals surface area contributed by atoms with Crippen LogP contribution >= 0.6 is 0 Å². The van der Waals surface area contributed by atoms with Gasteiger partial charge in [-0.1, -0.05) is 0 Å². The van der Waals surface area contributed by atoms with Crippen LogP contribution in [-0.4, -0.2) is 29.6 Å². The lowest BCUT2D eigenvalue weighted by molar-refractivity contribution is -0.178. The fraction of sp³-hybridized carbons (Fsp3) is 0.833. The van der Waals surface area contributed by atoms with Crippen LogP contribution in [0.2, 0.25) is 0 Å². The highest BCUT2D eigenvalue weighted by Gasteiger charge is 2.29. The van der Waals surface area contributed by atoms with Gasteiger partial charge in [-0.05, 0) is 41.5 Å². The van der Waals surface area contributed by atoms with E-state index < -0.39 is 23.3 Å². The molecule has 0 aliphatic rings. The van der Waals surface area contributed by atoms with E-state index in [-0.39, 0.29) is 6.42 Å². The van der Waals surface area contributed by atoms with Gasteiger partial charge in [0.05, 0.1) is 5.60 Å². The van der Waals surface area contributed by atoms with Gasteiger partial charge in [0.25, 0.3) is 0 Å². The molecule has 1 atom stereocenters. The summed E-state index contributed by atoms with van der Waals surface area (Å²) < 4.78 is 10.7. The van der Waals surface area contributed by atoms with Crippen LogP contribution in [0, 0.1) is 0 Å². The van der Waals surface area contributed by atoms with Crippen LogP contribution < -0.4 is 0 Å². The second kappa shape index (κ2) is 5.43. The van der Waals surface area contributed by atoms with Gasteiger partial charge >= 0.3 is 5.97 Å². The highest BCUT2D eigenvalue weighted by molar-refractivity contribution is 5.78. The Morgan fingerprint density at radius 3 is 1.94 bits per heavy atom. The molecule has 0 spiro atoms. The number of carbonyl (C=O) groups excluding carboxylic acids is 2. The van der Waals surface area contributed by atoms with Crippen molar-refractivity contribution in [3.05, 3.63) is 0 Å². The smallest absolute Gasteiger partial charge is 0.336 e. The topological polar surface area (TPSA) is 52.6 Å². The number of ether oxygens (including phenoxy) is 2. The van der Waals surface area contributed by atoms with E-state index in [9.17, 15) is 9.59 Å². The Hall–Kier alpha value is -0.900. The Morgan fingerprint density at radius 2 is 1.62 bits per heavy atom. The van der Waals surface area contributed by atoms with Crippen molar-refractivity contribution >= 4 is 12.3 Å². The molecule has 0 aromatic heterocycles. The Bertz CT molecular complexity index is 245. The Morgan fingerprint density at radius 1 is 1.12 bits per heavy atom. The highest BCUT2D eigenvalue weighted by Crippen LogP contribution is 2.16. The molecule has 0 aliphatic heterocycles. The van der Waals surface area contributed by atoms with E-state index in [2.05, 4.69) is 0 Å². The summed E-state index contributed by atoms with van der Waals surface area (Å²) >= 11 is 0. The van der Waals surface area contributed by atoms with E-state index >= 15 is 0 Å². The first-order valence-electron chi connectivity index (χ1n) is 5.39. The average molecular weight is 230 g/mol. The van der Waals surface area contributed by atoms with Crippen LogP contribution in [0.15, 0.2) is 0 Å². The molecular weight excluding hydrogens is 208 g/mol. The lowest BCUT2D eigenvalue weighted by Crippen LogP contribution is -2.38. The van der Waals surface area contributed by atoms with Crippen LogP contribution in [0.5, 0.6) is 0 Å². The summed E-state index contributed by atoms with van der Waals surface area (Å²) in [5.41, 5.74) is -1.05. The van der Waals surface area contributed by atoms with Crippen molar-refractivity contribution in [3.8, 4) is 0 Å². The lowest BCUT2D eigenvalue weighted by Gasteiger charge is -2.28. The zero-order valence-corrected chi connectivity index (χ0v) is 11.0. The van der Waals surface area contributed by atoms with Gasteiger partial charge in [0.1, 0.15) is 11.9 Å². The predicted molar refractivity (Wildman–Crippen MR) is 61.2 cm³/mol. The Kier molecular flexibility index (Phi) is 5.13. The van der Waals surface area contributed by atoms with Gasteiger partial charge in [-0.15, -0.1) is 0 Å². The largest absolute Gasteiger partial charge is 0.458 e. The molecule has 0 aromatic rings. The van der Waals surface area contributed by atoms with Gasteiger partial charge in [-0.3, -0.25) is 0 Å². The molecule has 4 nitrogen and oxygen atoms in total. The SMILES string of the molecule is CC(C)(C)OC(=O)[C@H](CC=O)OC(C)(C)C. The van der Waals surface area contributed by atoms with Gasteiger partial charge in [0.15, 0.2) is 6.10 Å². The fourth-order valence-electron chi connectivity index (χ4n) is 1.07. The van der Waals surface area contributed by atoms with Crippen LogP contribution in [0.25, 0.3) is 0 Å². The number of carbonyl (C=O) groups is 2. The zero-order valence-electron chi connectivity index (χ0n) is 11.0. The van der Waals surface area contributed by atoms with Gasteiger partial charge in [-0.25, -0.2) is 4.79 Å². The van der Waals surface area contributed by atoms with E-state index in [0.717, 1.165) is 0 Å². The van der Waals surface area contributed by atoms with E-state index in [4.69, 9.17) is 9.47 Å². The van der Waals surface area contributed by atoms with Gasteiger partial charge in [-0.2, -0.15) is 0 Å². The Labute approximate surface area is 97.3 Å². The van der Waals surface area contributed by atoms with E-state index in [1.807, 2.05) is 20.8 Å². The molecule has 0 aliphatic carbocycles. The highest BCUT2D eigenvalue weighted by atomic mass is 16.6. The van der Waals surface area contributed by atoms with Crippen LogP contribution in [0.3, 0.4) is 0 Å². The van der Waals surface area contributed by atoms with Crippen LogP contribution in [0.4, 0.5) is 0 Å². The minimum Gasteiger partial charge on any atom is -0.458 e. The second-order valence-electron chi connectivity index (χ2n) is 5.65. The maximum atomic E-state index is 11.7. The van der Waals surface area contributed by atoms with Crippen molar-refractivity contribution in [2.75, 3.05) is 0 Å². The van der Waals surface area contributed by atoms with Crippen molar-refractivity contribution in [3.63, 3.8) is 0 Å². The van der Waals surface area contributed by atoms with Crippen molar-refractivity contribution in [1.82, 2.24) is 0 Å². The molecule has 0 radical (unpaired) electrons. The monoisotopic (exact) mass is 230 g/mol. The standard InChI is InChI=1S/C12H22O4/c1-11(2,3)15-9(7-8-13)10(14)16-12(4,5)6/h8-9H,7H2,1-6H3/t9-/m0/s1. The number of hydrogen-bond donors (Lipinski definition) is 0. The summed E-state index contributed by atoms with van der Waals surface area (Å²) in [6.45, 7) is 10.8. The zero-order chi connectivity index (χ0) is 13.0. The minimum atomic E-state index is -0.822. The fourth-order valence-corrected chi connectivity index (χ4v) is 1.07. The molecule has 0 unspecified atom stereocenters. The van der Waals surface area contributed by atoms with Crippen LogP contribution in [0.1, 0.15) is 48.0 Å². The van der Waals surface area contributed by atoms with Crippen molar-refractivity contribution in [2.45, 2.75) is 65.3 Å². The summed E-state index contributed by atoms with van der Waals surface area (Å²) in [4.78, 5) is 22.2. The summed E-state index contributed by atoms with van der Waals surface area (Å²) in [6, 6.07) is 0. The van der Waals surface area contributed by atoms with E-state index in [1.165, 1.54) is 0 Å². The maximum absolute atomic E-state index is 11.7. The molecule has 0 bridgehead atoms. The molecular formula is C12H22O4. The molecule has 4 heteroatoms. The molecule has 0 saturated heterocycles. The summed E-state index contributed by atoms with van der Waals surface area (Å²) in [6.07, 6.45) is -0.135. The molecule has 0 fully saturated rings. The molecule has 0 aromatic carbocycles. The van der Waals surface area contributed by atoms with E-state index in [1.54, 1.807) is 20.8 Å². The first-order valence-corrected chi connectivity index (χ1v) is 5.39. The predicted octanol–water partition coefficient (Wildman–Crippen LogP) is 2.10. The van der Waals surface area contributed by atoms with Gasteiger partial charge in [0, 0.05) is 6.42 Å². The molecule has 16 heavy (non-hydrogen) atoms. The van der Waals surface area contributed by atoms with Crippen molar-refractivity contribution < 1.29 is 19.1 Å². The van der Waals surface area contributed by atoms with Crippen molar-refractivity contribution in [2.24, 2.45) is 0 Å². The second-order valence-corrected chi connectivity index (χ2v) is 5.65. The molecule has 0 amide bonds. The Balaban J connectivity index is 4.53. The normalized spacial score (nSPS) is 14.4. The third-order valence-electron chi connectivity index (χ3n) is 1.48. The first kappa shape index (κ1) is 15.1. The third-order valence-corrected chi connectivity index (χ3v) is 1.48. The summed E-state index contributed by atoms with van der Waals surface area (Å²) in [5.74, 6) is -0.491. The number of rotatable bonds is 4. The van der Waals surface area contributed by atoms with Gasteiger partial charge < -0.3 is 14.3 Å². The molecule has 0 rings (SSSR count). The molecule has 0 heterocycles. The number of hydrogen-bond acceptors (Lipinski definition) is 4. The molecule has 0 saturated carbocycles. The minimum absolute atomic E-state index is 0.0200. The molecule has 0 N–H and O–H groups in total.